The first-order valence-electron chi connectivity index (χ1n) is 7.59. The summed E-state index contributed by atoms with van der Waals surface area (Å²) < 4.78 is 5.12. The molecule has 1 heterocycles. The highest BCUT2D eigenvalue weighted by molar-refractivity contribution is 5.14. The lowest BCUT2D eigenvalue weighted by atomic mass is 9.72. The maximum absolute atomic E-state index is 10.8. The number of methoxy groups -OCH3 is 1. The summed E-state index contributed by atoms with van der Waals surface area (Å²) in [6, 6.07) is 1.82. The van der Waals surface area contributed by atoms with Crippen LogP contribution >= 0.6 is 0 Å². The number of aliphatic hydroxyl groups is 1. The summed E-state index contributed by atoms with van der Waals surface area (Å²) in [5.74, 6) is 1.18. The molecule has 1 aromatic heterocycles. The van der Waals surface area contributed by atoms with Gasteiger partial charge in [-0.05, 0) is 30.6 Å². The summed E-state index contributed by atoms with van der Waals surface area (Å²) >= 11 is 0. The fraction of sp³-hybridized carbons (Fsp3) is 0.750. The van der Waals surface area contributed by atoms with E-state index in [4.69, 9.17) is 4.74 Å². The van der Waals surface area contributed by atoms with E-state index in [1.165, 1.54) is 19.2 Å². The van der Waals surface area contributed by atoms with Crippen molar-refractivity contribution < 1.29 is 9.84 Å². The van der Waals surface area contributed by atoms with E-state index in [2.05, 4.69) is 23.8 Å². The van der Waals surface area contributed by atoms with Crippen LogP contribution in [0.15, 0.2) is 12.4 Å². The highest BCUT2D eigenvalue weighted by Crippen LogP contribution is 2.46. The molecule has 2 rings (SSSR count). The van der Waals surface area contributed by atoms with E-state index in [1.54, 1.807) is 7.11 Å². The summed E-state index contributed by atoms with van der Waals surface area (Å²) in [7, 11) is 1.60. The van der Waals surface area contributed by atoms with Crippen LogP contribution in [0.3, 0.4) is 0 Å². The van der Waals surface area contributed by atoms with Gasteiger partial charge in [0.2, 0.25) is 5.88 Å². The Bertz CT molecular complexity index is 428. The minimum absolute atomic E-state index is 0.0757. The fourth-order valence-corrected chi connectivity index (χ4v) is 3.58. The van der Waals surface area contributed by atoms with Crippen molar-refractivity contribution in [3.05, 3.63) is 18.1 Å². The van der Waals surface area contributed by atoms with E-state index in [9.17, 15) is 5.11 Å². The number of rotatable bonds is 6. The smallest absolute Gasteiger partial charge is 0.216 e. The topological polar surface area (TPSA) is 55.2 Å². The number of aliphatic hydroxyl groups excluding tert-OH is 1. The molecular weight excluding hydrogens is 252 g/mol. The van der Waals surface area contributed by atoms with Gasteiger partial charge in [-0.15, -0.1) is 0 Å². The number of hydrogen-bond acceptors (Lipinski definition) is 4. The molecule has 0 bridgehead atoms. The van der Waals surface area contributed by atoms with Crippen LogP contribution in [0.5, 0.6) is 5.88 Å². The van der Waals surface area contributed by atoms with E-state index in [0.29, 0.717) is 18.2 Å². The summed E-state index contributed by atoms with van der Waals surface area (Å²) in [6.45, 7) is 4.47. The van der Waals surface area contributed by atoms with Gasteiger partial charge in [-0.2, -0.15) is 0 Å². The van der Waals surface area contributed by atoms with Crippen LogP contribution in [-0.4, -0.2) is 28.3 Å². The van der Waals surface area contributed by atoms with Crippen LogP contribution in [0, 0.1) is 11.3 Å². The van der Waals surface area contributed by atoms with E-state index in [1.807, 2.05) is 6.07 Å². The zero-order chi connectivity index (χ0) is 14.6. The molecule has 1 fully saturated rings. The lowest BCUT2D eigenvalue weighted by Gasteiger charge is -2.36. The number of nitrogens with zero attached hydrogens (tertiary/aromatic N) is 2. The molecule has 0 saturated heterocycles. The molecule has 1 unspecified atom stereocenters. The molecule has 4 heteroatoms. The molecule has 0 aliphatic heterocycles. The standard InChI is InChI=1S/C16H26N2O2/c1-12(2)10-16(6-4-5-7-16)14(19)8-13-9-15(20-3)18-11-17-13/h9,11-12,14,19H,4-8,10H2,1-3H3. The Morgan fingerprint density at radius 2 is 2.00 bits per heavy atom. The average Bonchev–Trinajstić information content (AvgIpc) is 2.88. The molecule has 20 heavy (non-hydrogen) atoms. The second-order valence-corrected chi connectivity index (χ2v) is 6.44. The minimum Gasteiger partial charge on any atom is -0.481 e. The van der Waals surface area contributed by atoms with Crippen LogP contribution in [-0.2, 0) is 6.42 Å². The Kier molecular flexibility index (Phi) is 4.97. The normalized spacial score (nSPS) is 19.2. The van der Waals surface area contributed by atoms with E-state index >= 15 is 0 Å². The Balaban J connectivity index is 2.09. The highest BCUT2D eigenvalue weighted by Gasteiger charge is 2.40. The van der Waals surface area contributed by atoms with Gasteiger partial charge in [0.25, 0.3) is 0 Å². The van der Waals surface area contributed by atoms with Gasteiger partial charge in [0.15, 0.2) is 0 Å². The monoisotopic (exact) mass is 278 g/mol. The van der Waals surface area contributed by atoms with Gasteiger partial charge in [0.1, 0.15) is 6.33 Å². The van der Waals surface area contributed by atoms with Crippen molar-refractivity contribution in [2.24, 2.45) is 11.3 Å². The van der Waals surface area contributed by atoms with Crippen molar-refractivity contribution in [3.63, 3.8) is 0 Å². The van der Waals surface area contributed by atoms with Gasteiger partial charge in [0.05, 0.1) is 18.9 Å². The summed E-state index contributed by atoms with van der Waals surface area (Å²) in [5, 5.41) is 10.8. The van der Waals surface area contributed by atoms with Gasteiger partial charge in [0, 0.05) is 12.5 Å². The van der Waals surface area contributed by atoms with Gasteiger partial charge in [-0.3, -0.25) is 0 Å². The zero-order valence-corrected chi connectivity index (χ0v) is 12.8. The van der Waals surface area contributed by atoms with Gasteiger partial charge in [-0.1, -0.05) is 26.7 Å². The third kappa shape index (κ3) is 3.48. The first-order valence-corrected chi connectivity index (χ1v) is 7.59. The number of hydrogen-bond donors (Lipinski definition) is 1. The molecule has 1 atom stereocenters. The van der Waals surface area contributed by atoms with Gasteiger partial charge in [-0.25, -0.2) is 9.97 Å². The predicted molar refractivity (Wildman–Crippen MR) is 78.7 cm³/mol. The Hall–Kier alpha value is -1.16. The zero-order valence-electron chi connectivity index (χ0n) is 12.8. The summed E-state index contributed by atoms with van der Waals surface area (Å²) in [5.41, 5.74) is 0.936. The van der Waals surface area contributed by atoms with Crippen LogP contribution in [0.1, 0.15) is 51.6 Å². The second-order valence-electron chi connectivity index (χ2n) is 6.44. The molecule has 1 saturated carbocycles. The molecule has 0 amide bonds. The van der Waals surface area contributed by atoms with Gasteiger partial charge < -0.3 is 9.84 Å². The number of aromatic nitrogens is 2. The van der Waals surface area contributed by atoms with Gasteiger partial charge >= 0.3 is 0 Å². The predicted octanol–water partition coefficient (Wildman–Crippen LogP) is 3.00. The Labute approximate surface area is 121 Å². The van der Waals surface area contributed by atoms with Crippen molar-refractivity contribution in [1.29, 1.82) is 0 Å². The van der Waals surface area contributed by atoms with Crippen LogP contribution in [0.25, 0.3) is 0 Å². The maximum atomic E-state index is 10.8. The second kappa shape index (κ2) is 6.53. The van der Waals surface area contributed by atoms with Crippen LogP contribution < -0.4 is 4.74 Å². The quantitative estimate of drug-likeness (QED) is 0.869. The van der Waals surface area contributed by atoms with Crippen LogP contribution in [0.2, 0.25) is 0 Å². The SMILES string of the molecule is COc1cc(CC(O)C2(CC(C)C)CCCC2)ncn1. The molecule has 4 nitrogen and oxygen atoms in total. The third-order valence-corrected chi connectivity index (χ3v) is 4.43. The van der Waals surface area contributed by atoms with E-state index in [-0.39, 0.29) is 11.5 Å². The van der Waals surface area contributed by atoms with Crippen LogP contribution in [0.4, 0.5) is 0 Å². The van der Waals surface area contributed by atoms with Crippen molar-refractivity contribution in [1.82, 2.24) is 9.97 Å². The first-order chi connectivity index (χ1) is 9.55. The minimum atomic E-state index is -0.327. The lowest BCUT2D eigenvalue weighted by Crippen LogP contribution is -2.35. The van der Waals surface area contributed by atoms with Crippen molar-refractivity contribution in [2.45, 2.75) is 58.5 Å². The molecule has 0 aromatic carbocycles. The molecule has 0 spiro atoms. The molecule has 1 aromatic rings. The lowest BCUT2D eigenvalue weighted by molar-refractivity contribution is 0.0127. The maximum Gasteiger partial charge on any atom is 0.216 e. The summed E-state index contributed by atoms with van der Waals surface area (Å²) in [6.07, 6.45) is 7.59. The molecule has 112 valence electrons. The van der Waals surface area contributed by atoms with E-state index in [0.717, 1.165) is 25.0 Å². The Morgan fingerprint density at radius 1 is 1.30 bits per heavy atom. The molecule has 1 aliphatic carbocycles. The fourth-order valence-electron chi connectivity index (χ4n) is 3.58. The molecule has 1 aliphatic rings. The third-order valence-electron chi connectivity index (χ3n) is 4.43. The van der Waals surface area contributed by atoms with Crippen molar-refractivity contribution in [3.8, 4) is 5.88 Å². The van der Waals surface area contributed by atoms with E-state index < -0.39 is 0 Å². The van der Waals surface area contributed by atoms with Crippen molar-refractivity contribution in [2.75, 3.05) is 7.11 Å². The number of ether oxygens (including phenoxy) is 1. The first kappa shape index (κ1) is 15.2. The molecular formula is C16H26N2O2. The average molecular weight is 278 g/mol. The largest absolute Gasteiger partial charge is 0.481 e. The Morgan fingerprint density at radius 3 is 2.60 bits per heavy atom. The highest BCUT2D eigenvalue weighted by atomic mass is 16.5. The van der Waals surface area contributed by atoms with Crippen molar-refractivity contribution >= 4 is 0 Å². The summed E-state index contributed by atoms with van der Waals surface area (Å²) in [4.78, 5) is 8.27. The molecule has 0 radical (unpaired) electrons. The molecule has 1 N–H and O–H groups in total.